The second-order valence-corrected chi connectivity index (χ2v) is 13.7. The molecule has 48 heavy (non-hydrogen) atoms. The number of para-hydroxylation sites is 1. The number of benzene rings is 4. The Morgan fingerprint density at radius 1 is 0.625 bits per heavy atom. The van der Waals surface area contributed by atoms with Crippen LogP contribution in [0.1, 0.15) is 70.1 Å². The number of aryl methyl sites for hydroxylation is 2. The average Bonchev–Trinajstić information content (AvgIpc) is 3.55. The van der Waals surface area contributed by atoms with Crippen molar-refractivity contribution >= 4 is 21.8 Å². The number of aromatic nitrogens is 4. The Kier molecular flexibility index (Phi) is 7.74. The van der Waals surface area contributed by atoms with Crippen LogP contribution in [-0.2, 0) is 0 Å². The molecule has 5 nitrogen and oxygen atoms in total. The summed E-state index contributed by atoms with van der Waals surface area (Å²) in [5, 5.41) is 7.50. The molecule has 0 N–H and O–H groups in total. The van der Waals surface area contributed by atoms with E-state index in [4.69, 9.17) is 14.8 Å². The predicted molar refractivity (Wildman–Crippen MR) is 200 cm³/mol. The van der Waals surface area contributed by atoms with Crippen LogP contribution in [0, 0.1) is 55.4 Å². The van der Waals surface area contributed by atoms with Gasteiger partial charge in [0.2, 0.25) is 0 Å². The van der Waals surface area contributed by atoms with Gasteiger partial charge in [0.25, 0.3) is 0 Å². The third-order valence-electron chi connectivity index (χ3n) is 10.4. The van der Waals surface area contributed by atoms with E-state index in [1.54, 1.807) is 0 Å². The van der Waals surface area contributed by atoms with Crippen LogP contribution in [0.5, 0.6) is 11.5 Å². The summed E-state index contributed by atoms with van der Waals surface area (Å²) in [4.78, 5) is 4.75. The van der Waals surface area contributed by atoms with E-state index in [2.05, 4.69) is 145 Å². The smallest absolute Gasteiger partial charge is 0.137 e. The first kappa shape index (κ1) is 31.4. The lowest BCUT2D eigenvalue weighted by Crippen LogP contribution is -2.03. The van der Waals surface area contributed by atoms with Crippen LogP contribution in [-0.4, -0.2) is 19.3 Å². The summed E-state index contributed by atoms with van der Waals surface area (Å²) in [5.41, 5.74) is 17.0. The van der Waals surface area contributed by atoms with Crippen LogP contribution in [0.2, 0.25) is 0 Å². The van der Waals surface area contributed by atoms with Crippen molar-refractivity contribution in [2.45, 2.75) is 75.2 Å². The van der Waals surface area contributed by atoms with Crippen LogP contribution < -0.4 is 4.74 Å². The molecule has 3 heterocycles. The van der Waals surface area contributed by atoms with Crippen molar-refractivity contribution in [3.8, 4) is 34.1 Å². The predicted octanol–water partition coefficient (Wildman–Crippen LogP) is 11.4. The minimum Gasteiger partial charge on any atom is -0.457 e. The molecule has 7 rings (SSSR count). The molecule has 0 spiro atoms. The van der Waals surface area contributed by atoms with E-state index in [0.717, 1.165) is 45.4 Å². The normalized spacial score (nSPS) is 11.7. The molecular formula is C43H44N4O. The Labute approximate surface area is 283 Å². The first-order valence-electron chi connectivity index (χ1n) is 16.9. The maximum atomic E-state index is 6.72. The van der Waals surface area contributed by atoms with Crippen molar-refractivity contribution in [3.63, 3.8) is 0 Å². The van der Waals surface area contributed by atoms with Gasteiger partial charge in [-0.2, -0.15) is 5.10 Å². The Morgan fingerprint density at radius 3 is 2.02 bits per heavy atom. The molecule has 0 atom stereocenters. The first-order chi connectivity index (χ1) is 22.9. The van der Waals surface area contributed by atoms with E-state index in [9.17, 15) is 0 Å². The molecule has 242 valence electrons. The van der Waals surface area contributed by atoms with Gasteiger partial charge in [0.15, 0.2) is 0 Å². The number of pyridine rings is 1. The highest BCUT2D eigenvalue weighted by Crippen LogP contribution is 2.40. The van der Waals surface area contributed by atoms with E-state index < -0.39 is 0 Å². The number of nitrogens with zero attached hydrogens (tertiary/aromatic N) is 4. The van der Waals surface area contributed by atoms with Crippen molar-refractivity contribution in [3.05, 3.63) is 129 Å². The molecule has 4 aromatic carbocycles. The standard InChI is InChI=1S/C43H44N4O/c1-24(2)33-20-34(47-32(10)43(31(9)45-47)42-29(7)27(5)26(4)28(6)30(42)8)22-36(21-33)48-35-15-16-38-37-13-11-12-14-39(37)46(40(38)23-35)41-19-25(3)17-18-44-41/h11-24H,1-10H3. The minimum absolute atomic E-state index is 0.313. The minimum atomic E-state index is 0.313. The number of ether oxygens (including phenoxy) is 1. The van der Waals surface area contributed by atoms with Gasteiger partial charge in [-0.25, -0.2) is 9.67 Å². The molecule has 0 amide bonds. The van der Waals surface area contributed by atoms with Gasteiger partial charge in [-0.05, 0) is 148 Å². The van der Waals surface area contributed by atoms with Crippen molar-refractivity contribution in [1.82, 2.24) is 19.3 Å². The maximum Gasteiger partial charge on any atom is 0.137 e. The summed E-state index contributed by atoms with van der Waals surface area (Å²) >= 11 is 0. The largest absolute Gasteiger partial charge is 0.457 e. The molecule has 7 aromatic rings. The van der Waals surface area contributed by atoms with E-state index in [-0.39, 0.29) is 0 Å². The van der Waals surface area contributed by atoms with Gasteiger partial charge >= 0.3 is 0 Å². The number of rotatable bonds is 6. The third kappa shape index (κ3) is 5.09. The number of hydrogen-bond donors (Lipinski definition) is 0. The van der Waals surface area contributed by atoms with Gasteiger partial charge < -0.3 is 4.74 Å². The molecule has 0 saturated heterocycles. The second kappa shape index (κ2) is 11.8. The molecule has 0 aliphatic heterocycles. The lowest BCUT2D eigenvalue weighted by Gasteiger charge is -2.19. The maximum absolute atomic E-state index is 6.72. The highest BCUT2D eigenvalue weighted by molar-refractivity contribution is 6.09. The quantitative estimate of drug-likeness (QED) is 0.183. The summed E-state index contributed by atoms with van der Waals surface area (Å²) in [6, 6.07) is 25.5. The lowest BCUT2D eigenvalue weighted by atomic mass is 9.85. The molecule has 0 aliphatic carbocycles. The van der Waals surface area contributed by atoms with Crippen LogP contribution in [0.15, 0.2) is 79.0 Å². The summed E-state index contributed by atoms with van der Waals surface area (Å²) in [6.45, 7) is 22.1. The molecule has 0 unspecified atom stereocenters. The summed E-state index contributed by atoms with van der Waals surface area (Å²) in [7, 11) is 0. The Bertz CT molecular complexity index is 2360. The van der Waals surface area contributed by atoms with Crippen molar-refractivity contribution < 1.29 is 4.74 Å². The van der Waals surface area contributed by atoms with Crippen LogP contribution in [0.4, 0.5) is 0 Å². The second-order valence-electron chi connectivity index (χ2n) is 13.7. The number of hydrogen-bond acceptors (Lipinski definition) is 3. The Balaban J connectivity index is 1.35. The van der Waals surface area contributed by atoms with E-state index >= 15 is 0 Å². The van der Waals surface area contributed by atoms with Gasteiger partial charge in [-0.1, -0.05) is 32.0 Å². The topological polar surface area (TPSA) is 44.9 Å². The molecule has 0 saturated carbocycles. The van der Waals surface area contributed by atoms with Gasteiger partial charge in [-0.15, -0.1) is 0 Å². The van der Waals surface area contributed by atoms with Crippen molar-refractivity contribution in [2.24, 2.45) is 0 Å². The zero-order chi connectivity index (χ0) is 34.0. The Morgan fingerprint density at radius 2 is 1.31 bits per heavy atom. The molecular weight excluding hydrogens is 589 g/mol. The third-order valence-corrected chi connectivity index (χ3v) is 10.4. The highest BCUT2D eigenvalue weighted by atomic mass is 16.5. The molecule has 0 bridgehead atoms. The van der Waals surface area contributed by atoms with Crippen LogP contribution in [0.25, 0.3) is 44.4 Å². The average molecular weight is 633 g/mol. The SMILES string of the molecule is Cc1ccnc(-n2c3ccccc3c3ccc(Oc4cc(C(C)C)cc(-n5nc(C)c(-c6c(C)c(C)c(C)c(C)c6C)c5C)c4)cc32)c1. The highest BCUT2D eigenvalue weighted by Gasteiger charge is 2.22. The van der Waals surface area contributed by atoms with Crippen molar-refractivity contribution in [1.29, 1.82) is 0 Å². The molecule has 5 heteroatoms. The van der Waals surface area contributed by atoms with Gasteiger partial charge in [-0.3, -0.25) is 4.57 Å². The van der Waals surface area contributed by atoms with E-state index in [1.807, 2.05) is 12.3 Å². The van der Waals surface area contributed by atoms with Gasteiger partial charge in [0.05, 0.1) is 22.4 Å². The molecule has 3 aromatic heterocycles. The monoisotopic (exact) mass is 632 g/mol. The molecule has 0 aliphatic rings. The zero-order valence-electron chi connectivity index (χ0n) is 29.8. The van der Waals surface area contributed by atoms with Gasteiger partial charge in [0, 0.05) is 40.4 Å². The first-order valence-corrected chi connectivity index (χ1v) is 16.9. The summed E-state index contributed by atoms with van der Waals surface area (Å²) < 4.78 is 11.0. The van der Waals surface area contributed by atoms with Crippen LogP contribution >= 0.6 is 0 Å². The van der Waals surface area contributed by atoms with Gasteiger partial charge in [0.1, 0.15) is 17.3 Å². The van der Waals surface area contributed by atoms with E-state index in [1.165, 1.54) is 60.8 Å². The Hall–Kier alpha value is -5.16. The van der Waals surface area contributed by atoms with Crippen LogP contribution in [0.3, 0.4) is 0 Å². The number of fused-ring (bicyclic) bond motifs is 3. The molecule has 0 radical (unpaired) electrons. The fourth-order valence-corrected chi connectivity index (χ4v) is 7.29. The summed E-state index contributed by atoms with van der Waals surface area (Å²) in [6.07, 6.45) is 1.87. The fourth-order valence-electron chi connectivity index (χ4n) is 7.29. The fraction of sp³-hybridized carbons (Fsp3) is 0.256. The van der Waals surface area contributed by atoms with E-state index in [0.29, 0.717) is 5.92 Å². The van der Waals surface area contributed by atoms with Crippen molar-refractivity contribution in [2.75, 3.05) is 0 Å². The lowest BCUT2D eigenvalue weighted by molar-refractivity contribution is 0.481. The molecule has 0 fully saturated rings. The zero-order valence-corrected chi connectivity index (χ0v) is 29.8. The summed E-state index contributed by atoms with van der Waals surface area (Å²) in [5.74, 6) is 2.77.